The van der Waals surface area contributed by atoms with Crippen molar-refractivity contribution in [1.29, 1.82) is 0 Å². The van der Waals surface area contributed by atoms with E-state index in [0.29, 0.717) is 29.2 Å². The molecule has 1 aliphatic heterocycles. The first-order chi connectivity index (χ1) is 18.2. The smallest absolute Gasteiger partial charge is 0.209 e. The van der Waals surface area contributed by atoms with E-state index in [1.165, 1.54) is 12.1 Å². The van der Waals surface area contributed by atoms with Crippen LogP contribution in [-0.2, 0) is 23.1 Å². The number of hydrogen-bond acceptors (Lipinski definition) is 6. The minimum atomic E-state index is -3.41. The van der Waals surface area contributed by atoms with Crippen molar-refractivity contribution < 1.29 is 12.8 Å². The summed E-state index contributed by atoms with van der Waals surface area (Å²) in [4.78, 5) is 17.0. The first-order valence-electron chi connectivity index (χ1n) is 12.0. The fraction of sp³-hybridized carbons (Fsp3) is 0.185. The molecule has 3 aromatic heterocycles. The van der Waals surface area contributed by atoms with E-state index in [1.54, 1.807) is 18.5 Å². The maximum atomic E-state index is 14.5. The molecule has 192 valence electrons. The summed E-state index contributed by atoms with van der Waals surface area (Å²) < 4.78 is 40.0. The molecule has 5 aromatic rings. The van der Waals surface area contributed by atoms with Gasteiger partial charge in [0.05, 0.1) is 35.6 Å². The van der Waals surface area contributed by atoms with Crippen LogP contribution in [0.5, 0.6) is 0 Å². The number of H-pyrrole nitrogens is 2. The van der Waals surface area contributed by atoms with Crippen LogP contribution in [0.3, 0.4) is 0 Å². The number of aliphatic imine (C=N–C) groups is 1. The number of pyridine rings is 1. The van der Waals surface area contributed by atoms with Crippen LogP contribution in [0, 0.1) is 12.7 Å². The van der Waals surface area contributed by atoms with Gasteiger partial charge in [0.1, 0.15) is 11.5 Å². The van der Waals surface area contributed by atoms with Gasteiger partial charge in [-0.2, -0.15) is 5.10 Å². The molecule has 1 aliphatic rings. The van der Waals surface area contributed by atoms with Crippen LogP contribution < -0.4 is 4.72 Å². The van der Waals surface area contributed by atoms with E-state index in [9.17, 15) is 12.8 Å². The van der Waals surface area contributed by atoms with Gasteiger partial charge in [-0.1, -0.05) is 12.1 Å². The largest absolute Gasteiger partial charge is 0.339 e. The molecule has 3 N–H and O–H groups in total. The van der Waals surface area contributed by atoms with Crippen molar-refractivity contribution in [3.63, 3.8) is 0 Å². The number of hydrogen-bond donors (Lipinski definition) is 3. The Bertz CT molecular complexity index is 1820. The van der Waals surface area contributed by atoms with Gasteiger partial charge in [-0.25, -0.2) is 22.5 Å². The van der Waals surface area contributed by atoms with Crippen molar-refractivity contribution in [3.8, 4) is 22.6 Å². The molecule has 9 nitrogen and oxygen atoms in total. The van der Waals surface area contributed by atoms with Gasteiger partial charge in [-0.05, 0) is 59.5 Å². The van der Waals surface area contributed by atoms with Crippen LogP contribution >= 0.6 is 0 Å². The van der Waals surface area contributed by atoms with E-state index >= 15 is 0 Å². The number of aryl methyl sites for hydroxylation is 1. The lowest BCUT2D eigenvalue weighted by Crippen LogP contribution is -2.21. The van der Waals surface area contributed by atoms with Crippen molar-refractivity contribution in [2.75, 3.05) is 6.26 Å². The highest BCUT2D eigenvalue weighted by Gasteiger charge is 2.26. The lowest BCUT2D eigenvalue weighted by molar-refractivity contribution is 0.586. The van der Waals surface area contributed by atoms with E-state index in [-0.39, 0.29) is 6.54 Å². The number of halogens is 1. The van der Waals surface area contributed by atoms with Crippen LogP contribution in [0.1, 0.15) is 34.0 Å². The summed E-state index contributed by atoms with van der Waals surface area (Å²) in [5.74, 6) is -0.261. The Labute approximate surface area is 218 Å². The summed E-state index contributed by atoms with van der Waals surface area (Å²) in [6.07, 6.45) is 6.44. The monoisotopic (exact) mass is 529 g/mol. The molecule has 0 spiro atoms. The van der Waals surface area contributed by atoms with Crippen LogP contribution in [0.4, 0.5) is 4.39 Å². The SMILES string of the molecule is Cc1ccncc1-c1ccc2[nH]nc(-c3nc4c([nH]3)CN=CC4c3cc(F)cc(CNS(C)(=O)=O)c3)c2c1. The summed E-state index contributed by atoms with van der Waals surface area (Å²) in [6, 6.07) is 12.6. The van der Waals surface area contributed by atoms with Crippen molar-refractivity contribution >= 4 is 27.1 Å². The van der Waals surface area contributed by atoms with E-state index in [0.717, 1.165) is 45.2 Å². The predicted molar refractivity (Wildman–Crippen MR) is 144 cm³/mol. The molecule has 0 amide bonds. The van der Waals surface area contributed by atoms with Gasteiger partial charge < -0.3 is 4.98 Å². The summed E-state index contributed by atoms with van der Waals surface area (Å²) >= 11 is 0. The number of nitrogens with one attached hydrogen (secondary N) is 3. The molecule has 1 unspecified atom stereocenters. The number of rotatable bonds is 6. The van der Waals surface area contributed by atoms with Crippen molar-refractivity contribution in [2.45, 2.75) is 25.9 Å². The normalized spacial score (nSPS) is 15.2. The Kier molecular flexibility index (Phi) is 5.88. The zero-order valence-electron chi connectivity index (χ0n) is 20.7. The Balaban J connectivity index is 1.38. The molecule has 38 heavy (non-hydrogen) atoms. The van der Waals surface area contributed by atoms with Crippen molar-refractivity contribution in [2.24, 2.45) is 4.99 Å². The van der Waals surface area contributed by atoms with Gasteiger partial charge >= 0.3 is 0 Å². The number of fused-ring (bicyclic) bond motifs is 2. The fourth-order valence-corrected chi connectivity index (χ4v) is 5.21. The molecule has 0 fully saturated rings. The lowest BCUT2D eigenvalue weighted by Gasteiger charge is -2.17. The zero-order chi connectivity index (χ0) is 26.4. The van der Waals surface area contributed by atoms with Crippen LogP contribution in [0.15, 0.2) is 59.9 Å². The van der Waals surface area contributed by atoms with E-state index in [4.69, 9.17) is 4.98 Å². The zero-order valence-corrected chi connectivity index (χ0v) is 21.5. The highest BCUT2D eigenvalue weighted by atomic mass is 32.2. The number of aromatic nitrogens is 5. The lowest BCUT2D eigenvalue weighted by atomic mass is 9.92. The average Bonchev–Trinajstić information content (AvgIpc) is 3.50. The third-order valence-corrected chi connectivity index (χ3v) is 7.29. The first kappa shape index (κ1) is 24.1. The number of benzene rings is 2. The highest BCUT2D eigenvalue weighted by Crippen LogP contribution is 2.34. The molecule has 4 heterocycles. The summed E-state index contributed by atoms with van der Waals surface area (Å²) in [6.45, 7) is 2.45. The molecular weight excluding hydrogens is 505 g/mol. The maximum absolute atomic E-state index is 14.5. The van der Waals surface area contributed by atoms with Crippen LogP contribution in [-0.4, -0.2) is 46.0 Å². The molecular formula is C27H24FN7O2S. The summed E-state index contributed by atoms with van der Waals surface area (Å²) in [5, 5.41) is 8.53. The van der Waals surface area contributed by atoms with E-state index in [1.807, 2.05) is 31.3 Å². The third kappa shape index (κ3) is 4.61. The molecule has 0 radical (unpaired) electrons. The second-order valence-corrected chi connectivity index (χ2v) is 11.3. The molecule has 0 saturated heterocycles. The first-order valence-corrected chi connectivity index (χ1v) is 13.9. The molecule has 2 aromatic carbocycles. The number of imidazole rings is 1. The standard InChI is InChI=1S/C27H24FN7O2S/c1-15-5-6-29-12-21(15)17-3-4-23-20(10-17)26(35-34-23)27-32-24-14-30-13-22(25(24)33-27)18-7-16(8-19(28)9-18)11-31-38(2,36)37/h3-10,12-13,22,31H,11,14H2,1-2H3,(H,32,33)(H,34,35). The highest BCUT2D eigenvalue weighted by molar-refractivity contribution is 7.88. The molecule has 6 rings (SSSR count). The molecule has 11 heteroatoms. The molecule has 1 atom stereocenters. The van der Waals surface area contributed by atoms with E-state index in [2.05, 4.69) is 35.9 Å². The summed E-state index contributed by atoms with van der Waals surface area (Å²) in [5.41, 5.74) is 7.45. The van der Waals surface area contributed by atoms with Gasteiger partial charge in [0, 0.05) is 36.1 Å². The molecule has 0 saturated carbocycles. The molecule has 0 aliphatic carbocycles. The number of aromatic amines is 2. The maximum Gasteiger partial charge on any atom is 0.209 e. The Hall–Kier alpha value is -4.22. The minimum Gasteiger partial charge on any atom is -0.339 e. The quantitative estimate of drug-likeness (QED) is 0.303. The second kappa shape index (κ2) is 9.26. The van der Waals surface area contributed by atoms with Crippen molar-refractivity contribution in [1.82, 2.24) is 29.9 Å². The summed E-state index contributed by atoms with van der Waals surface area (Å²) in [7, 11) is -3.41. The van der Waals surface area contributed by atoms with Crippen LogP contribution in [0.2, 0.25) is 0 Å². The number of nitrogens with zero attached hydrogens (tertiary/aromatic N) is 4. The van der Waals surface area contributed by atoms with Gasteiger partial charge in [-0.15, -0.1) is 0 Å². The van der Waals surface area contributed by atoms with E-state index < -0.39 is 21.8 Å². The minimum absolute atomic E-state index is 0.00979. The van der Waals surface area contributed by atoms with Crippen molar-refractivity contribution in [3.05, 3.63) is 88.8 Å². The van der Waals surface area contributed by atoms with Gasteiger partial charge in [0.15, 0.2) is 5.82 Å². The third-order valence-electron chi connectivity index (χ3n) is 6.62. The Morgan fingerprint density at radius 1 is 1.16 bits per heavy atom. The topological polar surface area (TPSA) is 129 Å². The Morgan fingerprint density at radius 3 is 2.84 bits per heavy atom. The number of sulfonamides is 1. The molecule has 0 bridgehead atoms. The van der Waals surface area contributed by atoms with Crippen LogP contribution in [0.25, 0.3) is 33.5 Å². The average molecular weight is 530 g/mol. The van der Waals surface area contributed by atoms with Gasteiger partial charge in [0.25, 0.3) is 0 Å². The fourth-order valence-electron chi connectivity index (χ4n) is 4.78. The van der Waals surface area contributed by atoms with Gasteiger partial charge in [-0.3, -0.25) is 15.1 Å². The second-order valence-electron chi connectivity index (χ2n) is 9.43. The predicted octanol–water partition coefficient (Wildman–Crippen LogP) is 4.23. The Morgan fingerprint density at radius 2 is 2.03 bits per heavy atom. The van der Waals surface area contributed by atoms with Gasteiger partial charge in [0.2, 0.25) is 10.0 Å².